The Labute approximate surface area is 135 Å². The maximum Gasteiger partial charge on any atom is 0.241 e. The lowest BCUT2D eigenvalue weighted by Gasteiger charge is -2.12. The van der Waals surface area contributed by atoms with Gasteiger partial charge in [0.1, 0.15) is 11.6 Å². The highest BCUT2D eigenvalue weighted by atomic mass is 35.5. The van der Waals surface area contributed by atoms with E-state index in [1.807, 2.05) is 19.0 Å². The molecule has 118 valence electrons. The Hall–Kier alpha value is -1.70. The maximum absolute atomic E-state index is 12.4. The molecule has 2 rings (SSSR count). The summed E-state index contributed by atoms with van der Waals surface area (Å²) in [4.78, 5) is 10.3. The van der Waals surface area contributed by atoms with Gasteiger partial charge in [0.25, 0.3) is 0 Å². The molecule has 8 heteroatoms. The first-order chi connectivity index (χ1) is 10.3. The average molecular weight is 341 g/mol. The Bertz CT molecular complexity index is 778. The normalized spacial score (nSPS) is 11.5. The Balaban J connectivity index is 2.20. The fourth-order valence-corrected chi connectivity index (χ4v) is 3.31. The largest absolute Gasteiger partial charge is 0.363 e. The second-order valence-corrected chi connectivity index (χ2v) is 7.13. The fourth-order valence-electron chi connectivity index (χ4n) is 1.82. The van der Waals surface area contributed by atoms with Crippen LogP contribution in [0, 0.1) is 6.92 Å². The summed E-state index contributed by atoms with van der Waals surface area (Å²) in [5, 5.41) is 0.372. The van der Waals surface area contributed by atoms with Gasteiger partial charge in [-0.05, 0) is 30.7 Å². The van der Waals surface area contributed by atoms with Gasteiger partial charge in [0.2, 0.25) is 10.0 Å². The van der Waals surface area contributed by atoms with Crippen LogP contribution < -0.4 is 9.62 Å². The van der Waals surface area contributed by atoms with E-state index in [4.69, 9.17) is 11.6 Å². The molecule has 0 saturated carbocycles. The lowest BCUT2D eigenvalue weighted by molar-refractivity contribution is 0.578. The summed E-state index contributed by atoms with van der Waals surface area (Å²) in [7, 11) is 0.0328. The number of aromatic nitrogens is 2. The fraction of sp³-hybridized carbons (Fsp3) is 0.286. The van der Waals surface area contributed by atoms with Gasteiger partial charge >= 0.3 is 0 Å². The predicted molar refractivity (Wildman–Crippen MR) is 86.6 cm³/mol. The highest BCUT2D eigenvalue weighted by Gasteiger charge is 2.17. The van der Waals surface area contributed by atoms with Crippen molar-refractivity contribution in [3.63, 3.8) is 0 Å². The Morgan fingerprint density at radius 2 is 2.00 bits per heavy atom. The number of hydrogen-bond acceptors (Lipinski definition) is 5. The quantitative estimate of drug-likeness (QED) is 0.900. The molecule has 0 unspecified atom stereocenters. The summed E-state index contributed by atoms with van der Waals surface area (Å²) in [5.74, 6) is 1.11. The number of aryl methyl sites for hydroxylation is 1. The monoisotopic (exact) mass is 340 g/mol. The Morgan fingerprint density at radius 1 is 1.27 bits per heavy atom. The zero-order valence-corrected chi connectivity index (χ0v) is 14.1. The van der Waals surface area contributed by atoms with Gasteiger partial charge in [-0.15, -0.1) is 0 Å². The molecular formula is C14H17ClN4O2S. The van der Waals surface area contributed by atoms with Gasteiger partial charge < -0.3 is 4.90 Å². The first-order valence-corrected chi connectivity index (χ1v) is 8.41. The molecule has 2 aromatic rings. The van der Waals surface area contributed by atoms with E-state index in [1.54, 1.807) is 31.3 Å². The van der Waals surface area contributed by atoms with Crippen molar-refractivity contribution in [3.05, 3.63) is 46.9 Å². The zero-order valence-electron chi connectivity index (χ0n) is 12.5. The van der Waals surface area contributed by atoms with Gasteiger partial charge in [-0.2, -0.15) is 0 Å². The van der Waals surface area contributed by atoms with Crippen molar-refractivity contribution >= 4 is 27.4 Å². The van der Waals surface area contributed by atoms with Crippen LogP contribution in [0.25, 0.3) is 0 Å². The average Bonchev–Trinajstić information content (AvgIpc) is 2.48. The third-order valence-corrected chi connectivity index (χ3v) is 4.79. The first-order valence-electron chi connectivity index (χ1n) is 6.54. The van der Waals surface area contributed by atoms with Crippen LogP contribution in [0.3, 0.4) is 0 Å². The standard InChI is InChI=1S/C14H17ClN4O2S/c1-10-4-5-11(15)8-12(10)22(20,21)17-9-13-16-7-6-14(18-13)19(2)3/h4-8,17H,9H2,1-3H3. The van der Waals surface area contributed by atoms with Crippen molar-refractivity contribution in [1.82, 2.24) is 14.7 Å². The molecule has 1 aromatic carbocycles. The van der Waals surface area contributed by atoms with Crippen LogP contribution in [0.4, 0.5) is 5.82 Å². The molecule has 22 heavy (non-hydrogen) atoms. The van der Waals surface area contributed by atoms with E-state index < -0.39 is 10.0 Å². The summed E-state index contributed by atoms with van der Waals surface area (Å²) in [6.45, 7) is 1.73. The smallest absolute Gasteiger partial charge is 0.241 e. The highest BCUT2D eigenvalue weighted by molar-refractivity contribution is 7.89. The minimum Gasteiger partial charge on any atom is -0.363 e. The molecule has 0 aliphatic heterocycles. The molecule has 1 aromatic heterocycles. The van der Waals surface area contributed by atoms with Crippen molar-refractivity contribution in [2.75, 3.05) is 19.0 Å². The molecule has 0 saturated heterocycles. The van der Waals surface area contributed by atoms with Crippen molar-refractivity contribution in [3.8, 4) is 0 Å². The SMILES string of the molecule is Cc1ccc(Cl)cc1S(=O)(=O)NCc1nccc(N(C)C)n1. The van der Waals surface area contributed by atoms with E-state index in [1.165, 1.54) is 6.07 Å². The van der Waals surface area contributed by atoms with E-state index >= 15 is 0 Å². The van der Waals surface area contributed by atoms with Crippen LogP contribution in [-0.2, 0) is 16.6 Å². The first kappa shape index (κ1) is 16.7. The van der Waals surface area contributed by atoms with Crippen molar-refractivity contribution < 1.29 is 8.42 Å². The van der Waals surface area contributed by atoms with Gasteiger partial charge in [0, 0.05) is 25.3 Å². The molecule has 6 nitrogen and oxygen atoms in total. The van der Waals surface area contributed by atoms with Crippen molar-refractivity contribution in [1.29, 1.82) is 0 Å². The van der Waals surface area contributed by atoms with Gasteiger partial charge in [-0.1, -0.05) is 17.7 Å². The molecule has 0 bridgehead atoms. The predicted octanol–water partition coefficient (Wildman–Crippen LogP) is 1.98. The third-order valence-electron chi connectivity index (χ3n) is 3.01. The van der Waals surface area contributed by atoms with Gasteiger partial charge in [-0.3, -0.25) is 0 Å². The maximum atomic E-state index is 12.4. The molecule has 0 spiro atoms. The Kier molecular flexibility index (Phi) is 5.00. The molecule has 0 fully saturated rings. The number of nitrogens with zero attached hydrogens (tertiary/aromatic N) is 3. The van der Waals surface area contributed by atoms with E-state index in [0.29, 0.717) is 22.2 Å². The molecule has 1 heterocycles. The van der Waals surface area contributed by atoms with E-state index in [2.05, 4.69) is 14.7 Å². The molecule has 1 N–H and O–H groups in total. The number of benzene rings is 1. The number of anilines is 1. The van der Waals surface area contributed by atoms with Crippen molar-refractivity contribution in [2.45, 2.75) is 18.4 Å². The Morgan fingerprint density at radius 3 is 2.68 bits per heavy atom. The van der Waals surface area contributed by atoms with E-state index in [-0.39, 0.29) is 11.4 Å². The molecule has 0 amide bonds. The second kappa shape index (κ2) is 6.60. The molecule has 0 aliphatic rings. The molecular weight excluding hydrogens is 324 g/mol. The van der Waals surface area contributed by atoms with Crippen LogP contribution in [0.15, 0.2) is 35.4 Å². The lowest BCUT2D eigenvalue weighted by atomic mass is 10.2. The van der Waals surface area contributed by atoms with Crippen LogP contribution in [0.1, 0.15) is 11.4 Å². The number of halogens is 1. The van der Waals surface area contributed by atoms with Crippen LogP contribution in [-0.4, -0.2) is 32.5 Å². The van der Waals surface area contributed by atoms with Gasteiger partial charge in [0.05, 0.1) is 11.4 Å². The minimum absolute atomic E-state index is 0.00989. The molecule has 0 atom stereocenters. The number of hydrogen-bond donors (Lipinski definition) is 1. The summed E-state index contributed by atoms with van der Waals surface area (Å²) in [5.41, 5.74) is 0.625. The number of sulfonamides is 1. The third kappa shape index (κ3) is 3.94. The topological polar surface area (TPSA) is 75.2 Å². The summed E-state index contributed by atoms with van der Waals surface area (Å²) in [6, 6.07) is 6.50. The van der Waals surface area contributed by atoms with Crippen LogP contribution in [0.2, 0.25) is 5.02 Å². The van der Waals surface area contributed by atoms with Crippen LogP contribution >= 0.6 is 11.6 Å². The number of rotatable bonds is 5. The molecule has 0 aliphatic carbocycles. The number of nitrogens with one attached hydrogen (secondary N) is 1. The van der Waals surface area contributed by atoms with Gasteiger partial charge in [0.15, 0.2) is 0 Å². The molecule has 0 radical (unpaired) electrons. The lowest BCUT2D eigenvalue weighted by Crippen LogP contribution is -2.25. The van der Waals surface area contributed by atoms with Crippen molar-refractivity contribution in [2.24, 2.45) is 0 Å². The van der Waals surface area contributed by atoms with Gasteiger partial charge in [-0.25, -0.2) is 23.1 Å². The van der Waals surface area contributed by atoms with E-state index in [0.717, 1.165) is 0 Å². The second-order valence-electron chi connectivity index (χ2n) is 4.96. The summed E-state index contributed by atoms with van der Waals surface area (Å²) < 4.78 is 27.2. The summed E-state index contributed by atoms with van der Waals surface area (Å²) >= 11 is 5.87. The summed E-state index contributed by atoms with van der Waals surface area (Å²) in [6.07, 6.45) is 1.59. The van der Waals surface area contributed by atoms with Crippen LogP contribution in [0.5, 0.6) is 0 Å². The minimum atomic E-state index is -3.67. The van der Waals surface area contributed by atoms with E-state index in [9.17, 15) is 8.42 Å². The highest BCUT2D eigenvalue weighted by Crippen LogP contribution is 2.20. The zero-order chi connectivity index (χ0) is 16.3.